The van der Waals surface area contributed by atoms with Crippen molar-refractivity contribution < 1.29 is 14.3 Å². The molecule has 0 unspecified atom stereocenters. The quantitative estimate of drug-likeness (QED) is 0.597. The Balaban J connectivity index is 1.53. The van der Waals surface area contributed by atoms with Crippen molar-refractivity contribution in [3.8, 4) is 5.75 Å². The number of phenolic OH excluding ortho intramolecular Hbond substituents is 1. The van der Waals surface area contributed by atoms with Gasteiger partial charge in [-0.25, -0.2) is 4.39 Å². The smallest absolute Gasteiger partial charge is 0.233 e. The first-order valence-corrected chi connectivity index (χ1v) is 9.55. The highest BCUT2D eigenvalue weighted by Crippen LogP contribution is 2.45. The van der Waals surface area contributed by atoms with Gasteiger partial charge in [-0.15, -0.1) is 0 Å². The molecular weight excluding hydrogens is 353 g/mol. The summed E-state index contributed by atoms with van der Waals surface area (Å²) in [7, 11) is 0. The van der Waals surface area contributed by atoms with E-state index >= 15 is 0 Å². The van der Waals surface area contributed by atoms with Crippen LogP contribution < -0.4 is 4.90 Å². The Kier molecular flexibility index (Phi) is 5.11. The van der Waals surface area contributed by atoms with Gasteiger partial charge in [0.15, 0.2) is 0 Å². The zero-order valence-corrected chi connectivity index (χ0v) is 15.5. The fourth-order valence-electron chi connectivity index (χ4n) is 3.94. The number of aromatic hydroxyl groups is 1. The number of rotatable bonds is 6. The first kappa shape index (κ1) is 18.2. The van der Waals surface area contributed by atoms with Crippen molar-refractivity contribution in [2.45, 2.75) is 25.3 Å². The fraction of sp³-hybridized carbons (Fsp3) is 0.208. The molecule has 1 N–H and O–H groups in total. The molecule has 4 rings (SSSR count). The van der Waals surface area contributed by atoms with Crippen LogP contribution in [0.4, 0.5) is 10.1 Å². The van der Waals surface area contributed by atoms with Crippen molar-refractivity contribution >= 4 is 11.6 Å². The maximum Gasteiger partial charge on any atom is 0.233 e. The van der Waals surface area contributed by atoms with Gasteiger partial charge >= 0.3 is 0 Å². The number of amides is 1. The van der Waals surface area contributed by atoms with Crippen molar-refractivity contribution in [3.63, 3.8) is 0 Å². The number of carbonyl (C=O) groups is 1. The second-order valence-electron chi connectivity index (χ2n) is 7.21. The number of benzene rings is 3. The molecule has 4 heteroatoms. The molecule has 3 aromatic carbocycles. The van der Waals surface area contributed by atoms with E-state index in [0.717, 1.165) is 24.8 Å². The minimum Gasteiger partial charge on any atom is -0.508 e. The van der Waals surface area contributed by atoms with Gasteiger partial charge in [0, 0.05) is 5.69 Å². The summed E-state index contributed by atoms with van der Waals surface area (Å²) in [6.07, 6.45) is 2.65. The van der Waals surface area contributed by atoms with E-state index in [1.54, 1.807) is 29.2 Å². The van der Waals surface area contributed by atoms with E-state index in [0.29, 0.717) is 5.69 Å². The maximum absolute atomic E-state index is 13.3. The van der Waals surface area contributed by atoms with Gasteiger partial charge in [0.25, 0.3) is 0 Å². The molecule has 0 saturated carbocycles. The number of hydrogen-bond donors (Lipinski definition) is 1. The predicted molar refractivity (Wildman–Crippen MR) is 108 cm³/mol. The van der Waals surface area contributed by atoms with Gasteiger partial charge in [-0.1, -0.05) is 42.5 Å². The van der Waals surface area contributed by atoms with E-state index < -0.39 is 0 Å². The van der Waals surface area contributed by atoms with Crippen molar-refractivity contribution in [1.29, 1.82) is 0 Å². The van der Waals surface area contributed by atoms with Gasteiger partial charge in [-0.2, -0.15) is 0 Å². The van der Waals surface area contributed by atoms with Crippen LogP contribution in [0.5, 0.6) is 5.75 Å². The van der Waals surface area contributed by atoms with Crippen molar-refractivity contribution in [1.82, 2.24) is 0 Å². The Morgan fingerprint density at radius 1 is 0.893 bits per heavy atom. The first-order valence-electron chi connectivity index (χ1n) is 9.55. The number of halogens is 1. The summed E-state index contributed by atoms with van der Waals surface area (Å²) in [5.41, 5.74) is 2.95. The molecular formula is C24H22FNO2. The van der Waals surface area contributed by atoms with E-state index in [9.17, 15) is 14.3 Å². The lowest BCUT2D eigenvalue weighted by molar-refractivity contribution is -0.130. The van der Waals surface area contributed by atoms with Crippen molar-refractivity contribution in [2.75, 3.05) is 4.90 Å². The molecule has 1 amide bonds. The zero-order valence-electron chi connectivity index (χ0n) is 15.5. The second-order valence-corrected chi connectivity index (χ2v) is 7.21. The van der Waals surface area contributed by atoms with Crippen LogP contribution in [0.25, 0.3) is 0 Å². The molecule has 142 valence electrons. The number of carbonyl (C=O) groups excluding carboxylic acids is 1. The van der Waals surface area contributed by atoms with E-state index in [2.05, 4.69) is 12.1 Å². The Bertz CT molecular complexity index is 939. The third-order valence-corrected chi connectivity index (χ3v) is 5.38. The molecule has 1 heterocycles. The Labute approximate surface area is 164 Å². The summed E-state index contributed by atoms with van der Waals surface area (Å²) in [4.78, 5) is 14.7. The van der Waals surface area contributed by atoms with Gasteiger partial charge in [0.1, 0.15) is 11.6 Å². The highest BCUT2D eigenvalue weighted by atomic mass is 19.1. The third-order valence-electron chi connectivity index (χ3n) is 5.38. The average molecular weight is 375 g/mol. The van der Waals surface area contributed by atoms with Gasteiger partial charge < -0.3 is 10.0 Å². The standard InChI is InChI=1S/C24H22FNO2/c25-19-11-13-20(14-12-19)26-23(18-9-15-21(27)16-10-18)22(24(26)28)8-4-7-17-5-2-1-3-6-17/h1-3,5-6,9-16,22-23,27H,4,7-8H2/t22-,23-/m1/s1. The monoisotopic (exact) mass is 375 g/mol. The minimum absolute atomic E-state index is 0.0674. The lowest BCUT2D eigenvalue weighted by Gasteiger charge is -2.47. The summed E-state index contributed by atoms with van der Waals surface area (Å²) < 4.78 is 13.3. The second kappa shape index (κ2) is 7.85. The molecule has 1 saturated heterocycles. The highest BCUT2D eigenvalue weighted by molar-refractivity contribution is 6.03. The zero-order chi connectivity index (χ0) is 19.5. The van der Waals surface area contributed by atoms with E-state index in [1.165, 1.54) is 17.7 Å². The molecule has 1 aliphatic heterocycles. The molecule has 0 radical (unpaired) electrons. The van der Waals surface area contributed by atoms with E-state index in [1.807, 2.05) is 30.3 Å². The van der Waals surface area contributed by atoms with Crippen LogP contribution in [0, 0.1) is 11.7 Å². The first-order chi connectivity index (χ1) is 13.6. The highest BCUT2D eigenvalue weighted by Gasteiger charge is 2.48. The number of phenols is 1. The van der Waals surface area contributed by atoms with E-state index in [-0.39, 0.29) is 29.4 Å². The summed E-state index contributed by atoms with van der Waals surface area (Å²) in [5, 5.41) is 9.61. The third kappa shape index (κ3) is 3.63. The molecule has 0 aromatic heterocycles. The number of anilines is 1. The molecule has 1 fully saturated rings. The number of β-lactam (4-membered cyclic amide) rings is 1. The Morgan fingerprint density at radius 2 is 1.57 bits per heavy atom. The summed E-state index contributed by atoms with van der Waals surface area (Å²) in [6.45, 7) is 0. The fourth-order valence-corrected chi connectivity index (χ4v) is 3.94. The van der Waals surface area contributed by atoms with Gasteiger partial charge in [-0.3, -0.25) is 4.79 Å². The molecule has 1 aliphatic rings. The molecule has 3 aromatic rings. The van der Waals surface area contributed by atoms with Crippen LogP contribution in [0.15, 0.2) is 78.9 Å². The Morgan fingerprint density at radius 3 is 2.25 bits per heavy atom. The maximum atomic E-state index is 13.3. The molecule has 2 atom stereocenters. The lowest BCUT2D eigenvalue weighted by Crippen LogP contribution is -2.55. The molecule has 3 nitrogen and oxygen atoms in total. The van der Waals surface area contributed by atoms with Crippen molar-refractivity contribution in [2.24, 2.45) is 5.92 Å². The average Bonchev–Trinajstić information content (AvgIpc) is 2.72. The van der Waals surface area contributed by atoms with Crippen molar-refractivity contribution in [3.05, 3.63) is 95.8 Å². The minimum atomic E-state index is -0.322. The van der Waals surface area contributed by atoms with Crippen LogP contribution in [-0.2, 0) is 11.2 Å². The largest absolute Gasteiger partial charge is 0.508 e. The normalized spacial score (nSPS) is 18.8. The molecule has 0 bridgehead atoms. The lowest BCUT2D eigenvalue weighted by atomic mass is 9.78. The summed E-state index contributed by atoms with van der Waals surface area (Å²) in [6, 6.07) is 23.2. The molecule has 0 spiro atoms. The number of nitrogens with zero attached hydrogens (tertiary/aromatic N) is 1. The van der Waals surface area contributed by atoms with Crippen LogP contribution in [0.2, 0.25) is 0 Å². The van der Waals surface area contributed by atoms with Crippen LogP contribution in [-0.4, -0.2) is 11.0 Å². The van der Waals surface area contributed by atoms with Gasteiger partial charge in [-0.05, 0) is 66.8 Å². The predicted octanol–water partition coefficient (Wildman–Crippen LogP) is 5.26. The molecule has 0 aliphatic carbocycles. The summed E-state index contributed by atoms with van der Waals surface area (Å²) in [5.74, 6) is -0.170. The van der Waals surface area contributed by atoms with Crippen LogP contribution >= 0.6 is 0 Å². The van der Waals surface area contributed by atoms with E-state index in [4.69, 9.17) is 0 Å². The topological polar surface area (TPSA) is 40.5 Å². The molecule has 28 heavy (non-hydrogen) atoms. The van der Waals surface area contributed by atoms with Gasteiger partial charge in [0.2, 0.25) is 5.91 Å². The van der Waals surface area contributed by atoms with Gasteiger partial charge in [0.05, 0.1) is 12.0 Å². The SMILES string of the molecule is O=C1[C@H](CCCc2ccccc2)[C@@H](c2ccc(O)cc2)N1c1ccc(F)cc1. The number of hydrogen-bond acceptors (Lipinski definition) is 2. The number of aryl methyl sites for hydroxylation is 1. The van der Waals surface area contributed by atoms with Crippen LogP contribution in [0.1, 0.15) is 30.0 Å². The van der Waals surface area contributed by atoms with Crippen LogP contribution in [0.3, 0.4) is 0 Å². The Hall–Kier alpha value is -3.14. The summed E-state index contributed by atoms with van der Waals surface area (Å²) >= 11 is 0.